The number of aliphatic hydroxyl groups excluding tert-OH is 1. The van der Waals surface area contributed by atoms with E-state index in [0.717, 1.165) is 22.8 Å². The van der Waals surface area contributed by atoms with Gasteiger partial charge in [0.15, 0.2) is 0 Å². The van der Waals surface area contributed by atoms with E-state index < -0.39 is 17.7 Å². The topological polar surface area (TPSA) is 60.9 Å². The highest BCUT2D eigenvalue weighted by atomic mass is 16.3. The summed E-state index contributed by atoms with van der Waals surface area (Å²) in [7, 11) is 3.85. The summed E-state index contributed by atoms with van der Waals surface area (Å²) >= 11 is 0. The summed E-state index contributed by atoms with van der Waals surface area (Å²) < 4.78 is 0. The first-order valence-corrected chi connectivity index (χ1v) is 10.9. The molecule has 164 valence electrons. The number of fused-ring (bicyclic) bond motifs is 1. The van der Waals surface area contributed by atoms with Crippen molar-refractivity contribution in [3.8, 4) is 0 Å². The van der Waals surface area contributed by atoms with Crippen LogP contribution in [0.2, 0.25) is 0 Å². The van der Waals surface area contributed by atoms with Gasteiger partial charge in [-0.25, -0.2) is 0 Å². The van der Waals surface area contributed by atoms with Gasteiger partial charge in [-0.1, -0.05) is 67.6 Å². The van der Waals surface area contributed by atoms with Crippen LogP contribution in [0.25, 0.3) is 16.5 Å². The molecule has 5 nitrogen and oxygen atoms in total. The Kier molecular flexibility index (Phi) is 6.10. The van der Waals surface area contributed by atoms with Crippen molar-refractivity contribution in [1.29, 1.82) is 0 Å². The Bertz CT molecular complexity index is 1200. The highest BCUT2D eigenvalue weighted by Crippen LogP contribution is 2.39. The van der Waals surface area contributed by atoms with Crippen LogP contribution in [0.1, 0.15) is 29.7 Å². The van der Waals surface area contributed by atoms with Crippen LogP contribution in [0, 0.1) is 0 Å². The van der Waals surface area contributed by atoms with Gasteiger partial charge in [-0.15, -0.1) is 0 Å². The van der Waals surface area contributed by atoms with E-state index in [0.29, 0.717) is 18.7 Å². The predicted molar refractivity (Wildman–Crippen MR) is 127 cm³/mol. The van der Waals surface area contributed by atoms with E-state index in [2.05, 4.69) is 6.92 Å². The maximum absolute atomic E-state index is 13.1. The SMILES string of the molecule is CCc1ccc(C2/C(=C(/O)c3ccc4ccccc4c3)C(=O)C(=O)N2CCN(C)C)cc1. The van der Waals surface area contributed by atoms with Gasteiger partial charge in [0.1, 0.15) is 5.76 Å². The normalized spacial score (nSPS) is 18.1. The number of hydrogen-bond acceptors (Lipinski definition) is 4. The van der Waals surface area contributed by atoms with Crippen molar-refractivity contribution in [2.45, 2.75) is 19.4 Å². The van der Waals surface area contributed by atoms with E-state index in [1.807, 2.05) is 79.7 Å². The Hall–Kier alpha value is -3.44. The smallest absolute Gasteiger partial charge is 0.295 e. The molecule has 32 heavy (non-hydrogen) atoms. The summed E-state index contributed by atoms with van der Waals surface area (Å²) in [5.41, 5.74) is 2.67. The summed E-state index contributed by atoms with van der Waals surface area (Å²) in [5.74, 6) is -1.34. The Labute approximate surface area is 188 Å². The number of amides is 1. The molecule has 1 saturated heterocycles. The number of benzene rings is 3. The lowest BCUT2D eigenvalue weighted by atomic mass is 9.94. The zero-order chi connectivity index (χ0) is 22.8. The number of rotatable bonds is 6. The minimum Gasteiger partial charge on any atom is -0.507 e. The molecule has 0 saturated carbocycles. The molecule has 1 atom stereocenters. The third-order valence-electron chi connectivity index (χ3n) is 6.05. The lowest BCUT2D eigenvalue weighted by molar-refractivity contribution is -0.140. The predicted octanol–water partition coefficient (Wildman–Crippen LogP) is 4.39. The van der Waals surface area contributed by atoms with E-state index in [1.54, 1.807) is 11.0 Å². The summed E-state index contributed by atoms with van der Waals surface area (Å²) in [6.07, 6.45) is 0.901. The van der Waals surface area contributed by atoms with E-state index in [1.165, 1.54) is 5.56 Å². The highest BCUT2D eigenvalue weighted by molar-refractivity contribution is 6.46. The molecule has 1 amide bonds. The molecule has 0 bridgehead atoms. The van der Waals surface area contributed by atoms with Crippen LogP contribution in [0.4, 0.5) is 0 Å². The van der Waals surface area contributed by atoms with Gasteiger partial charge in [0.05, 0.1) is 11.6 Å². The molecule has 1 heterocycles. The zero-order valence-electron chi connectivity index (χ0n) is 18.7. The van der Waals surface area contributed by atoms with Crippen molar-refractivity contribution < 1.29 is 14.7 Å². The summed E-state index contributed by atoms with van der Waals surface area (Å²) in [6, 6.07) is 20.7. The van der Waals surface area contributed by atoms with Crippen LogP contribution in [-0.2, 0) is 16.0 Å². The van der Waals surface area contributed by atoms with E-state index in [4.69, 9.17) is 0 Å². The molecule has 1 aliphatic heterocycles. The first-order chi connectivity index (χ1) is 15.4. The molecule has 0 aliphatic carbocycles. The standard InChI is InChI=1S/C27H28N2O3/c1-4-18-9-11-20(12-10-18)24-23(26(31)27(32)29(24)16-15-28(2)3)25(30)22-14-13-19-7-5-6-8-21(19)17-22/h5-14,17,24,30H,4,15-16H2,1-3H3/b25-23-. The molecule has 0 aromatic heterocycles. The van der Waals surface area contributed by atoms with Crippen LogP contribution in [0.15, 0.2) is 72.3 Å². The molecule has 0 spiro atoms. The number of nitrogens with zero attached hydrogens (tertiary/aromatic N) is 2. The monoisotopic (exact) mass is 428 g/mol. The summed E-state index contributed by atoms with van der Waals surface area (Å²) in [4.78, 5) is 29.7. The second kappa shape index (κ2) is 8.97. The van der Waals surface area contributed by atoms with Crippen molar-refractivity contribution in [3.05, 3.63) is 89.0 Å². The van der Waals surface area contributed by atoms with Crippen molar-refractivity contribution in [1.82, 2.24) is 9.80 Å². The van der Waals surface area contributed by atoms with E-state index in [-0.39, 0.29) is 11.3 Å². The minimum absolute atomic E-state index is 0.133. The van der Waals surface area contributed by atoms with Gasteiger partial charge in [0.25, 0.3) is 11.7 Å². The van der Waals surface area contributed by atoms with Crippen molar-refractivity contribution in [3.63, 3.8) is 0 Å². The van der Waals surface area contributed by atoms with Gasteiger partial charge in [-0.2, -0.15) is 0 Å². The fraction of sp³-hybridized carbons (Fsp3) is 0.259. The molecular weight excluding hydrogens is 400 g/mol. The number of carbonyl (C=O) groups is 2. The van der Waals surface area contributed by atoms with Gasteiger partial charge < -0.3 is 14.9 Å². The molecule has 4 rings (SSSR count). The average Bonchev–Trinajstić information content (AvgIpc) is 3.06. The van der Waals surface area contributed by atoms with Crippen LogP contribution in [0.3, 0.4) is 0 Å². The van der Waals surface area contributed by atoms with E-state index >= 15 is 0 Å². The number of likely N-dealkylation sites (tertiary alicyclic amines) is 1. The lowest BCUT2D eigenvalue weighted by Crippen LogP contribution is -2.35. The number of aryl methyl sites for hydroxylation is 1. The van der Waals surface area contributed by atoms with Crippen molar-refractivity contribution in [2.75, 3.05) is 27.2 Å². The van der Waals surface area contributed by atoms with Crippen LogP contribution in [0.5, 0.6) is 0 Å². The third kappa shape index (κ3) is 4.04. The third-order valence-corrected chi connectivity index (χ3v) is 6.05. The molecule has 3 aromatic rings. The molecule has 0 radical (unpaired) electrons. The van der Waals surface area contributed by atoms with E-state index in [9.17, 15) is 14.7 Å². The van der Waals surface area contributed by atoms with Gasteiger partial charge in [0.2, 0.25) is 0 Å². The van der Waals surface area contributed by atoms with Gasteiger partial charge in [0, 0.05) is 18.7 Å². The molecule has 1 unspecified atom stereocenters. The summed E-state index contributed by atoms with van der Waals surface area (Å²) in [5, 5.41) is 13.3. The Morgan fingerprint density at radius 3 is 2.31 bits per heavy atom. The number of aliphatic hydroxyl groups is 1. The fourth-order valence-corrected chi connectivity index (χ4v) is 4.19. The number of Topliss-reactive ketones (excluding diaryl/α,β-unsaturated/α-hetero) is 1. The van der Waals surface area contributed by atoms with Crippen LogP contribution >= 0.6 is 0 Å². The second-order valence-electron chi connectivity index (χ2n) is 8.45. The summed E-state index contributed by atoms with van der Waals surface area (Å²) in [6.45, 7) is 3.09. The van der Waals surface area contributed by atoms with Gasteiger partial charge in [-0.3, -0.25) is 9.59 Å². The molecule has 1 fully saturated rings. The minimum atomic E-state index is -0.640. The first kappa shape index (κ1) is 21.8. The van der Waals surface area contributed by atoms with Gasteiger partial charge in [-0.05, 0) is 48.5 Å². The molecule has 1 N–H and O–H groups in total. The largest absolute Gasteiger partial charge is 0.507 e. The zero-order valence-corrected chi connectivity index (χ0v) is 18.7. The lowest BCUT2D eigenvalue weighted by Gasteiger charge is -2.26. The van der Waals surface area contributed by atoms with Crippen molar-refractivity contribution >= 4 is 28.2 Å². The van der Waals surface area contributed by atoms with Gasteiger partial charge >= 0.3 is 0 Å². The fourth-order valence-electron chi connectivity index (χ4n) is 4.19. The van der Waals surface area contributed by atoms with Crippen LogP contribution in [-0.4, -0.2) is 53.8 Å². The highest BCUT2D eigenvalue weighted by Gasteiger charge is 2.45. The van der Waals surface area contributed by atoms with Crippen molar-refractivity contribution in [2.24, 2.45) is 0 Å². The first-order valence-electron chi connectivity index (χ1n) is 10.9. The number of hydrogen-bond donors (Lipinski definition) is 1. The molecule has 3 aromatic carbocycles. The number of likely N-dealkylation sites (N-methyl/N-ethyl adjacent to an activating group) is 1. The average molecular weight is 429 g/mol. The Balaban J connectivity index is 1.85. The maximum Gasteiger partial charge on any atom is 0.295 e. The molecule has 1 aliphatic rings. The quantitative estimate of drug-likeness (QED) is 0.359. The number of carbonyl (C=O) groups excluding carboxylic acids is 2. The molecule has 5 heteroatoms. The number of ketones is 1. The second-order valence-corrected chi connectivity index (χ2v) is 8.45. The Morgan fingerprint density at radius 1 is 0.969 bits per heavy atom. The van der Waals surface area contributed by atoms with Crippen LogP contribution < -0.4 is 0 Å². The molecular formula is C27H28N2O3. The maximum atomic E-state index is 13.1. The Morgan fingerprint density at radius 2 is 1.66 bits per heavy atom.